The minimum absolute atomic E-state index is 0.213. The fourth-order valence-corrected chi connectivity index (χ4v) is 1.15. The molecule has 1 atom stereocenters. The lowest BCUT2D eigenvalue weighted by molar-refractivity contribution is -0.117. The summed E-state index contributed by atoms with van der Waals surface area (Å²) < 4.78 is 0. The smallest absolute Gasteiger partial charge is 0.241 e. The molecular weight excluding hydrogens is 200 g/mol. The molecule has 76 valence electrons. The number of nitrogens with two attached hydrogens (primary N) is 1. The van der Waals surface area contributed by atoms with E-state index in [2.05, 4.69) is 5.32 Å². The van der Waals surface area contributed by atoms with E-state index in [1.54, 1.807) is 19.1 Å². The number of amides is 1. The third kappa shape index (κ3) is 2.72. The van der Waals surface area contributed by atoms with Crippen molar-refractivity contribution in [3.63, 3.8) is 0 Å². The van der Waals surface area contributed by atoms with Gasteiger partial charge in [-0.15, -0.1) is 0 Å². The van der Waals surface area contributed by atoms with Crippen molar-refractivity contribution in [3.05, 3.63) is 28.8 Å². The van der Waals surface area contributed by atoms with Gasteiger partial charge in [-0.3, -0.25) is 4.79 Å². The van der Waals surface area contributed by atoms with Gasteiger partial charge in [0.05, 0.1) is 6.04 Å². The molecule has 1 rings (SSSR count). The molecule has 1 amide bonds. The number of anilines is 1. The highest BCUT2D eigenvalue weighted by Gasteiger charge is 2.08. The Kier molecular flexibility index (Phi) is 3.49. The highest BCUT2D eigenvalue weighted by Crippen LogP contribution is 2.20. The van der Waals surface area contributed by atoms with Crippen molar-refractivity contribution in [2.24, 2.45) is 5.73 Å². The number of carbonyl (C=O) groups excluding carboxylic acids is 1. The first-order valence-electron chi connectivity index (χ1n) is 4.33. The average Bonchev–Trinajstić information content (AvgIpc) is 2.11. The maximum Gasteiger partial charge on any atom is 0.241 e. The van der Waals surface area contributed by atoms with E-state index in [9.17, 15) is 4.79 Å². The molecule has 4 heteroatoms. The molecule has 0 fully saturated rings. The van der Waals surface area contributed by atoms with E-state index >= 15 is 0 Å². The molecule has 0 heterocycles. The summed E-state index contributed by atoms with van der Waals surface area (Å²) in [5.41, 5.74) is 7.10. The molecule has 1 aromatic rings. The van der Waals surface area contributed by atoms with Crippen molar-refractivity contribution in [2.45, 2.75) is 19.9 Å². The second kappa shape index (κ2) is 4.44. The van der Waals surface area contributed by atoms with Crippen LogP contribution in [0.3, 0.4) is 0 Å². The second-order valence-corrected chi connectivity index (χ2v) is 3.67. The number of nitrogens with one attached hydrogen (secondary N) is 1. The monoisotopic (exact) mass is 212 g/mol. The van der Waals surface area contributed by atoms with Crippen LogP contribution < -0.4 is 11.1 Å². The lowest BCUT2D eigenvalue weighted by Gasteiger charge is -2.10. The first-order valence-corrected chi connectivity index (χ1v) is 4.71. The zero-order valence-corrected chi connectivity index (χ0v) is 8.93. The van der Waals surface area contributed by atoms with Crippen LogP contribution in [-0.4, -0.2) is 11.9 Å². The molecule has 14 heavy (non-hydrogen) atoms. The van der Waals surface area contributed by atoms with Gasteiger partial charge < -0.3 is 11.1 Å². The van der Waals surface area contributed by atoms with Gasteiger partial charge in [-0.05, 0) is 31.5 Å². The second-order valence-electron chi connectivity index (χ2n) is 3.24. The van der Waals surface area contributed by atoms with Crippen molar-refractivity contribution in [3.8, 4) is 0 Å². The minimum Gasteiger partial charge on any atom is -0.324 e. The van der Waals surface area contributed by atoms with Crippen LogP contribution in [0.15, 0.2) is 18.2 Å². The van der Waals surface area contributed by atoms with E-state index in [4.69, 9.17) is 17.3 Å². The standard InChI is InChI=1S/C10H13ClN2O/c1-6-3-4-8(11)5-9(6)13-10(14)7(2)12/h3-5,7H,12H2,1-2H3,(H,13,14)/t7-/m0/s1. The van der Waals surface area contributed by atoms with E-state index in [-0.39, 0.29) is 5.91 Å². The topological polar surface area (TPSA) is 55.1 Å². The Hall–Kier alpha value is -1.06. The molecule has 0 bridgehead atoms. The summed E-state index contributed by atoms with van der Waals surface area (Å²) in [6.45, 7) is 3.53. The maximum atomic E-state index is 11.3. The van der Waals surface area contributed by atoms with Crippen LogP contribution in [-0.2, 0) is 4.79 Å². The molecule has 1 aromatic carbocycles. The third-order valence-electron chi connectivity index (χ3n) is 1.87. The van der Waals surface area contributed by atoms with Crippen LogP contribution in [0, 0.1) is 6.92 Å². The summed E-state index contributed by atoms with van der Waals surface area (Å²) in [6, 6.07) is 4.81. The Morgan fingerprint density at radius 3 is 2.79 bits per heavy atom. The van der Waals surface area contributed by atoms with Crippen LogP contribution in [0.25, 0.3) is 0 Å². The van der Waals surface area contributed by atoms with Crippen molar-refractivity contribution in [1.29, 1.82) is 0 Å². The fraction of sp³-hybridized carbons (Fsp3) is 0.300. The van der Waals surface area contributed by atoms with Crippen molar-refractivity contribution < 1.29 is 4.79 Å². The molecule has 0 aliphatic heterocycles. The normalized spacial score (nSPS) is 12.3. The van der Waals surface area contributed by atoms with Gasteiger partial charge in [-0.2, -0.15) is 0 Å². The molecule has 0 saturated carbocycles. The van der Waals surface area contributed by atoms with Gasteiger partial charge in [-0.25, -0.2) is 0 Å². The van der Waals surface area contributed by atoms with Crippen LogP contribution in [0.1, 0.15) is 12.5 Å². The summed E-state index contributed by atoms with van der Waals surface area (Å²) >= 11 is 5.80. The molecule has 0 unspecified atom stereocenters. The van der Waals surface area contributed by atoms with Gasteiger partial charge in [-0.1, -0.05) is 17.7 Å². The summed E-state index contributed by atoms with van der Waals surface area (Å²) in [6.07, 6.45) is 0. The Balaban J connectivity index is 2.86. The van der Waals surface area contributed by atoms with Crippen LogP contribution in [0.4, 0.5) is 5.69 Å². The zero-order chi connectivity index (χ0) is 10.7. The van der Waals surface area contributed by atoms with Crippen molar-refractivity contribution in [2.75, 3.05) is 5.32 Å². The van der Waals surface area contributed by atoms with Crippen molar-refractivity contribution in [1.82, 2.24) is 0 Å². The molecular formula is C10H13ClN2O. The summed E-state index contributed by atoms with van der Waals surface area (Å²) in [5.74, 6) is -0.213. The number of hydrogen-bond donors (Lipinski definition) is 2. The Bertz CT molecular complexity index is 350. The van der Waals surface area contributed by atoms with Gasteiger partial charge >= 0.3 is 0 Å². The number of aryl methyl sites for hydroxylation is 1. The van der Waals surface area contributed by atoms with Gasteiger partial charge in [0.1, 0.15) is 0 Å². The number of rotatable bonds is 2. The molecule has 3 N–H and O–H groups in total. The predicted molar refractivity (Wildman–Crippen MR) is 58.5 cm³/mol. The molecule has 0 radical (unpaired) electrons. The lowest BCUT2D eigenvalue weighted by Crippen LogP contribution is -2.32. The first-order chi connectivity index (χ1) is 6.50. The van der Waals surface area contributed by atoms with Gasteiger partial charge in [0, 0.05) is 10.7 Å². The molecule has 0 spiro atoms. The van der Waals surface area contributed by atoms with Gasteiger partial charge in [0.2, 0.25) is 5.91 Å². The number of benzene rings is 1. The third-order valence-corrected chi connectivity index (χ3v) is 2.11. The van der Waals surface area contributed by atoms with Crippen molar-refractivity contribution >= 4 is 23.2 Å². The first kappa shape index (κ1) is 11.0. The quantitative estimate of drug-likeness (QED) is 0.787. The van der Waals surface area contributed by atoms with Gasteiger partial charge in [0.25, 0.3) is 0 Å². The van der Waals surface area contributed by atoms with Crippen LogP contribution in [0.5, 0.6) is 0 Å². The molecule has 0 aliphatic rings. The Morgan fingerprint density at radius 2 is 2.21 bits per heavy atom. The summed E-state index contributed by atoms with van der Waals surface area (Å²) in [5, 5.41) is 3.30. The van der Waals surface area contributed by atoms with Crippen LogP contribution >= 0.6 is 11.6 Å². The number of carbonyl (C=O) groups is 1. The zero-order valence-electron chi connectivity index (χ0n) is 8.17. The van der Waals surface area contributed by atoms with E-state index in [1.807, 2.05) is 13.0 Å². The van der Waals surface area contributed by atoms with E-state index in [0.717, 1.165) is 5.56 Å². The minimum atomic E-state index is -0.520. The highest BCUT2D eigenvalue weighted by molar-refractivity contribution is 6.31. The predicted octanol–water partition coefficient (Wildman–Crippen LogP) is 1.93. The van der Waals surface area contributed by atoms with Gasteiger partial charge in [0.15, 0.2) is 0 Å². The fourth-order valence-electron chi connectivity index (χ4n) is 0.975. The SMILES string of the molecule is Cc1ccc(Cl)cc1NC(=O)[C@H](C)N. The summed E-state index contributed by atoms with van der Waals surface area (Å²) in [4.78, 5) is 11.3. The van der Waals surface area contributed by atoms with E-state index < -0.39 is 6.04 Å². The molecule has 0 saturated heterocycles. The van der Waals surface area contributed by atoms with E-state index in [0.29, 0.717) is 10.7 Å². The van der Waals surface area contributed by atoms with E-state index in [1.165, 1.54) is 0 Å². The highest BCUT2D eigenvalue weighted by atomic mass is 35.5. The molecule has 3 nitrogen and oxygen atoms in total. The Labute approximate surface area is 88.2 Å². The van der Waals surface area contributed by atoms with Crippen LogP contribution in [0.2, 0.25) is 5.02 Å². The maximum absolute atomic E-state index is 11.3. The number of hydrogen-bond acceptors (Lipinski definition) is 2. The Morgan fingerprint density at radius 1 is 1.57 bits per heavy atom. The summed E-state index contributed by atoms with van der Waals surface area (Å²) in [7, 11) is 0. The molecule has 0 aliphatic carbocycles. The molecule has 0 aromatic heterocycles. The largest absolute Gasteiger partial charge is 0.324 e. The number of halogens is 1. The lowest BCUT2D eigenvalue weighted by atomic mass is 10.2. The average molecular weight is 213 g/mol.